The largest absolute Gasteiger partial charge is 0.455 e. The Bertz CT molecular complexity index is 1560. The highest BCUT2D eigenvalue weighted by molar-refractivity contribution is 14.1. The van der Waals surface area contributed by atoms with E-state index in [1.807, 2.05) is 12.1 Å². The highest BCUT2D eigenvalue weighted by Crippen LogP contribution is 2.35. The van der Waals surface area contributed by atoms with E-state index >= 15 is 0 Å². The molecule has 0 aliphatic rings. The molecule has 0 spiro atoms. The molecule has 0 aliphatic carbocycles. The Labute approximate surface area is 203 Å². The summed E-state index contributed by atoms with van der Waals surface area (Å²) in [6.45, 7) is 0. The first-order valence-corrected chi connectivity index (χ1v) is 12.5. The molecule has 1 amide bonds. The van der Waals surface area contributed by atoms with Crippen LogP contribution in [0.3, 0.4) is 0 Å². The summed E-state index contributed by atoms with van der Waals surface area (Å²) in [6.07, 6.45) is 2.50. The Kier molecular flexibility index (Phi) is 5.93. The van der Waals surface area contributed by atoms with E-state index in [0.29, 0.717) is 16.6 Å². The Balaban J connectivity index is 1.86. The summed E-state index contributed by atoms with van der Waals surface area (Å²) in [7, 11) is -2.02. The van der Waals surface area contributed by atoms with Crippen LogP contribution in [0.15, 0.2) is 65.6 Å². The number of carbonyl (C=O) groups excluding carboxylic acids is 1. The van der Waals surface area contributed by atoms with Crippen molar-refractivity contribution in [1.29, 1.82) is 0 Å². The second kappa shape index (κ2) is 8.56. The summed E-state index contributed by atoms with van der Waals surface area (Å²) in [5.74, 6) is -0.398. The molecule has 9 nitrogen and oxygen atoms in total. The molecule has 0 atom stereocenters. The molecule has 11 heteroatoms. The van der Waals surface area contributed by atoms with E-state index in [-0.39, 0.29) is 22.9 Å². The number of hydrogen-bond acceptors (Lipinski definition) is 6. The van der Waals surface area contributed by atoms with Gasteiger partial charge in [-0.1, -0.05) is 6.07 Å². The zero-order valence-electron chi connectivity index (χ0n) is 17.6. The molecule has 170 valence electrons. The average molecular weight is 578 g/mol. The van der Waals surface area contributed by atoms with Crippen molar-refractivity contribution in [2.45, 2.75) is 0 Å². The molecule has 3 N–H and O–H groups in total. The number of hydrogen-bond donors (Lipinski definition) is 2. The van der Waals surface area contributed by atoms with Gasteiger partial charge in [0.25, 0.3) is 11.5 Å². The number of pyridine rings is 1. The number of anilines is 2. The zero-order chi connectivity index (χ0) is 23.9. The van der Waals surface area contributed by atoms with Gasteiger partial charge in [0.05, 0.1) is 11.8 Å². The first-order valence-electron chi connectivity index (χ1n) is 9.61. The van der Waals surface area contributed by atoms with Crippen molar-refractivity contribution in [1.82, 2.24) is 8.54 Å². The van der Waals surface area contributed by atoms with Gasteiger partial charge in [0.15, 0.2) is 0 Å². The monoisotopic (exact) mass is 578 g/mol. The maximum Gasteiger partial charge on any atom is 0.256 e. The number of amides is 1. The summed E-state index contributed by atoms with van der Waals surface area (Å²) in [4.78, 5) is 25.1. The van der Waals surface area contributed by atoms with Crippen LogP contribution in [0, 0.1) is 3.57 Å². The summed E-state index contributed by atoms with van der Waals surface area (Å²) in [5, 5.41) is 3.56. The number of nitrogens with two attached hydrogens (primary N) is 1. The quantitative estimate of drug-likeness (QED) is 0.338. The molecular formula is C22H19IN4O5S. The van der Waals surface area contributed by atoms with Gasteiger partial charge in [-0.15, -0.1) is 0 Å². The Hall–Kier alpha value is -3.32. The third-order valence-electron chi connectivity index (χ3n) is 4.99. The van der Waals surface area contributed by atoms with Crippen molar-refractivity contribution >= 4 is 60.9 Å². The van der Waals surface area contributed by atoms with Crippen LogP contribution >= 0.6 is 22.6 Å². The number of ether oxygens (including phenoxy) is 1. The van der Waals surface area contributed by atoms with Crippen LogP contribution in [0.5, 0.6) is 11.5 Å². The van der Waals surface area contributed by atoms with Crippen LogP contribution in [-0.2, 0) is 17.1 Å². The summed E-state index contributed by atoms with van der Waals surface area (Å²) >= 11 is 2.17. The first kappa shape index (κ1) is 22.9. The van der Waals surface area contributed by atoms with Crippen molar-refractivity contribution in [2.75, 3.05) is 11.6 Å². The molecule has 33 heavy (non-hydrogen) atoms. The predicted molar refractivity (Wildman–Crippen MR) is 135 cm³/mol. The van der Waals surface area contributed by atoms with Crippen LogP contribution in [0.1, 0.15) is 10.4 Å². The third kappa shape index (κ3) is 4.46. The fourth-order valence-corrected chi connectivity index (χ4v) is 4.58. The van der Waals surface area contributed by atoms with E-state index in [1.165, 1.54) is 23.9 Å². The molecule has 0 aliphatic heterocycles. The average Bonchev–Trinajstić information content (AvgIpc) is 3.19. The van der Waals surface area contributed by atoms with E-state index in [2.05, 4.69) is 27.9 Å². The highest BCUT2D eigenvalue weighted by Gasteiger charge is 2.22. The van der Waals surface area contributed by atoms with Crippen LogP contribution in [-0.4, -0.2) is 29.1 Å². The van der Waals surface area contributed by atoms with Gasteiger partial charge in [0.1, 0.15) is 22.9 Å². The van der Waals surface area contributed by atoms with Gasteiger partial charge in [-0.3, -0.25) is 14.2 Å². The van der Waals surface area contributed by atoms with Crippen molar-refractivity contribution in [3.8, 4) is 11.5 Å². The van der Waals surface area contributed by atoms with Gasteiger partial charge in [0, 0.05) is 34.0 Å². The number of halogens is 1. The van der Waals surface area contributed by atoms with E-state index in [4.69, 9.17) is 10.5 Å². The van der Waals surface area contributed by atoms with Crippen LogP contribution < -0.4 is 21.3 Å². The molecule has 0 saturated carbocycles. The topological polar surface area (TPSA) is 125 Å². The van der Waals surface area contributed by atoms with E-state index in [0.717, 1.165) is 13.8 Å². The Morgan fingerprint density at radius 1 is 1.09 bits per heavy atom. The molecule has 4 rings (SSSR count). The molecule has 0 unspecified atom stereocenters. The molecule has 2 heterocycles. The number of primary amides is 1. The zero-order valence-corrected chi connectivity index (χ0v) is 20.5. The number of nitrogens with one attached hydrogen (secondary N) is 1. The lowest BCUT2D eigenvalue weighted by atomic mass is 10.2. The summed E-state index contributed by atoms with van der Waals surface area (Å²) in [5.41, 5.74) is 6.29. The number of fused-ring (bicyclic) bond motifs is 1. The summed E-state index contributed by atoms with van der Waals surface area (Å²) < 4.78 is 33.5. The van der Waals surface area contributed by atoms with Crippen LogP contribution in [0.2, 0.25) is 0 Å². The predicted octanol–water partition coefficient (Wildman–Crippen LogP) is 3.39. The minimum atomic E-state index is -3.53. The lowest BCUT2D eigenvalue weighted by molar-refractivity contribution is 0.0998. The number of benzene rings is 2. The highest BCUT2D eigenvalue weighted by atomic mass is 127. The second-order valence-electron chi connectivity index (χ2n) is 7.29. The number of rotatable bonds is 6. The lowest BCUT2D eigenvalue weighted by Crippen LogP contribution is -2.25. The van der Waals surface area contributed by atoms with Crippen molar-refractivity contribution in [3.63, 3.8) is 0 Å². The van der Waals surface area contributed by atoms with E-state index in [9.17, 15) is 18.0 Å². The minimum Gasteiger partial charge on any atom is -0.455 e. The van der Waals surface area contributed by atoms with Gasteiger partial charge in [0.2, 0.25) is 10.0 Å². The van der Waals surface area contributed by atoms with Crippen molar-refractivity contribution < 1.29 is 17.9 Å². The van der Waals surface area contributed by atoms with Crippen LogP contribution in [0.4, 0.5) is 11.5 Å². The van der Waals surface area contributed by atoms with E-state index in [1.54, 1.807) is 36.4 Å². The van der Waals surface area contributed by atoms with Crippen molar-refractivity contribution in [3.05, 3.63) is 80.3 Å². The van der Waals surface area contributed by atoms with Gasteiger partial charge in [-0.2, -0.15) is 0 Å². The minimum absolute atomic E-state index is 0.0183. The normalized spacial score (nSPS) is 11.5. The smallest absolute Gasteiger partial charge is 0.256 e. The van der Waals surface area contributed by atoms with Gasteiger partial charge in [-0.05, 0) is 65.1 Å². The first-order chi connectivity index (χ1) is 15.6. The number of aromatic nitrogens is 2. The Morgan fingerprint density at radius 3 is 2.42 bits per heavy atom. The van der Waals surface area contributed by atoms with Gasteiger partial charge < -0.3 is 15.8 Å². The van der Waals surface area contributed by atoms with E-state index < -0.39 is 21.5 Å². The molecule has 0 fully saturated rings. The number of carbonyl (C=O) groups is 1. The Morgan fingerprint density at radius 2 is 1.79 bits per heavy atom. The lowest BCUT2D eigenvalue weighted by Gasteiger charge is -2.18. The molecule has 2 aromatic heterocycles. The summed E-state index contributed by atoms with van der Waals surface area (Å²) in [6, 6.07) is 15.0. The molecule has 0 radical (unpaired) electrons. The molecule has 2 aromatic carbocycles. The maximum atomic E-state index is 12.7. The van der Waals surface area contributed by atoms with Crippen LogP contribution in [0.25, 0.3) is 10.9 Å². The SMILES string of the molecule is Cn1c(Nc2ccc(I)cc2)c(C(N)=O)c(Oc2cccc3c2ccn3S(C)(=O)=O)cc1=O. The maximum absolute atomic E-state index is 12.7. The number of nitrogens with zero attached hydrogens (tertiary/aromatic N) is 2. The third-order valence-corrected chi connectivity index (χ3v) is 6.74. The molecule has 0 bridgehead atoms. The molecule has 4 aromatic rings. The second-order valence-corrected chi connectivity index (χ2v) is 10.4. The van der Waals surface area contributed by atoms with Gasteiger partial charge in [-0.25, -0.2) is 12.4 Å². The standard InChI is InChI=1S/C22H19IN4O5S/c1-26-19(28)12-18(20(21(24)29)22(26)25-14-8-6-13(23)7-9-14)32-17-5-3-4-16-15(17)10-11-27(16)33(2,30)31/h3-12,25H,1-2H3,(H2,24,29). The molecule has 0 saturated heterocycles. The van der Waals surface area contributed by atoms with Gasteiger partial charge >= 0.3 is 0 Å². The fourth-order valence-electron chi connectivity index (χ4n) is 3.42. The fraction of sp³-hybridized carbons (Fsp3) is 0.0909. The van der Waals surface area contributed by atoms with Crippen molar-refractivity contribution in [2.24, 2.45) is 12.8 Å². The molecular weight excluding hydrogens is 559 g/mol.